The fourth-order valence-corrected chi connectivity index (χ4v) is 13.1. The number of unbranched alkanes of at least 4 members (excludes halogenated alkanes) is 63. The molecule has 90 heavy (non-hydrogen) atoms. The van der Waals surface area contributed by atoms with Gasteiger partial charge in [-0.2, -0.15) is 0 Å². The summed E-state index contributed by atoms with van der Waals surface area (Å²) in [6, 6.07) is -0.626. The molecule has 0 bridgehead atoms. The van der Waals surface area contributed by atoms with Gasteiger partial charge in [0.05, 0.1) is 25.4 Å². The Kier molecular flexibility index (Phi) is 77.8. The number of carbonyl (C=O) groups excluding carboxylic acids is 2. The number of nitrogens with one attached hydrogen (secondary N) is 1. The summed E-state index contributed by atoms with van der Waals surface area (Å²) in [4.78, 5) is 24.6. The fourth-order valence-electron chi connectivity index (χ4n) is 13.1. The second kappa shape index (κ2) is 79.5. The van der Waals surface area contributed by atoms with E-state index in [-0.39, 0.29) is 18.5 Å². The summed E-state index contributed by atoms with van der Waals surface area (Å²) >= 11 is 0. The van der Waals surface area contributed by atoms with Gasteiger partial charge in [-0.3, -0.25) is 9.59 Å². The van der Waals surface area contributed by atoms with E-state index < -0.39 is 12.1 Å². The summed E-state index contributed by atoms with van der Waals surface area (Å²) in [6.07, 6.45) is 104. The zero-order valence-electron chi connectivity index (χ0n) is 61.1. The summed E-state index contributed by atoms with van der Waals surface area (Å²) in [6.45, 7) is 4.96. The van der Waals surface area contributed by atoms with Gasteiger partial charge in [-0.25, -0.2) is 0 Å². The molecule has 532 valence electrons. The van der Waals surface area contributed by atoms with Crippen molar-refractivity contribution in [2.75, 3.05) is 13.2 Å². The molecule has 0 spiro atoms. The molecule has 0 aromatic carbocycles. The average molecular weight is 1270 g/mol. The van der Waals surface area contributed by atoms with Gasteiger partial charge in [0, 0.05) is 12.8 Å². The van der Waals surface area contributed by atoms with Gasteiger partial charge >= 0.3 is 5.97 Å². The van der Waals surface area contributed by atoms with Crippen LogP contribution in [0, 0.1) is 0 Å². The summed E-state index contributed by atoms with van der Waals surface area (Å²) in [5.41, 5.74) is 0. The number of aliphatic hydroxyl groups excluding tert-OH is 2. The van der Waals surface area contributed by atoms with E-state index in [9.17, 15) is 19.8 Å². The van der Waals surface area contributed by atoms with Crippen molar-refractivity contribution in [2.45, 2.75) is 475 Å². The molecule has 3 N–H and O–H groups in total. The molecular formula is C84H161NO5. The third-order valence-corrected chi connectivity index (χ3v) is 19.4. The minimum Gasteiger partial charge on any atom is -0.466 e. The number of hydrogen-bond acceptors (Lipinski definition) is 5. The number of aliphatic hydroxyl groups is 2. The van der Waals surface area contributed by atoms with Gasteiger partial charge in [0.2, 0.25) is 5.91 Å². The Labute approximate surface area is 564 Å². The Bertz CT molecular complexity index is 1460. The highest BCUT2D eigenvalue weighted by Gasteiger charge is 2.18. The van der Waals surface area contributed by atoms with E-state index >= 15 is 0 Å². The molecule has 1 amide bonds. The highest BCUT2D eigenvalue weighted by Crippen LogP contribution is 2.20. The molecule has 6 heteroatoms. The van der Waals surface area contributed by atoms with Gasteiger partial charge < -0.3 is 20.3 Å². The quantitative estimate of drug-likeness (QED) is 0.0320. The number of rotatable bonds is 78. The second-order valence-corrected chi connectivity index (χ2v) is 28.5. The Morgan fingerprint density at radius 2 is 0.556 bits per heavy atom. The van der Waals surface area contributed by atoms with Crippen molar-refractivity contribution in [1.29, 1.82) is 0 Å². The molecule has 6 nitrogen and oxygen atoms in total. The van der Waals surface area contributed by atoms with Gasteiger partial charge in [-0.1, -0.05) is 423 Å². The lowest BCUT2D eigenvalue weighted by atomic mass is 10.0. The van der Waals surface area contributed by atoms with Crippen LogP contribution in [0.4, 0.5) is 0 Å². The highest BCUT2D eigenvalue weighted by molar-refractivity contribution is 5.76. The monoisotopic (exact) mass is 1260 g/mol. The van der Waals surface area contributed by atoms with Crippen LogP contribution in [0.5, 0.6) is 0 Å². The van der Waals surface area contributed by atoms with Crippen LogP contribution < -0.4 is 5.32 Å². The van der Waals surface area contributed by atoms with Crippen LogP contribution in [-0.4, -0.2) is 47.4 Å². The molecule has 0 radical (unpaired) electrons. The number of carbonyl (C=O) groups is 2. The molecule has 0 aromatic heterocycles. The number of hydrogen-bond donors (Lipinski definition) is 3. The van der Waals surface area contributed by atoms with Crippen LogP contribution in [0.25, 0.3) is 0 Å². The minimum absolute atomic E-state index is 0.0249. The zero-order valence-corrected chi connectivity index (χ0v) is 61.1. The third-order valence-electron chi connectivity index (χ3n) is 19.4. The second-order valence-electron chi connectivity index (χ2n) is 28.5. The molecule has 0 fully saturated rings. The molecule has 2 atom stereocenters. The number of ether oxygens (including phenoxy) is 1. The topological polar surface area (TPSA) is 95.9 Å². The molecule has 0 aliphatic heterocycles. The first kappa shape index (κ1) is 88.1. The van der Waals surface area contributed by atoms with Gasteiger partial charge in [0.1, 0.15) is 0 Å². The number of allylic oxidation sites excluding steroid dienone is 5. The SMILES string of the molecule is CCCCCCCCCCCCCCCCC/C=C/C(O)C(CO)NC(=O)CCCCCCCCCCCCCCCCCCC/C=C\C/C=C\CCCCCCCCCCCCCCCCCOC(=O)CCCCCCCCCCCCCCCCCCC. The van der Waals surface area contributed by atoms with Crippen LogP contribution in [0.2, 0.25) is 0 Å². The zero-order chi connectivity index (χ0) is 64.9. The summed E-state index contributed by atoms with van der Waals surface area (Å²) < 4.78 is 5.52. The summed E-state index contributed by atoms with van der Waals surface area (Å²) in [5.74, 6) is -0.0364. The standard InChI is InChI=1S/C84H161NO5/c1-3-5-7-9-11-13-15-17-19-44-48-52-56-60-64-68-72-76-82(87)81(80-86)85-83(88)77-73-69-65-61-57-53-49-46-42-40-38-36-34-32-30-28-26-24-22-21-23-25-27-29-31-33-35-37-39-41-43-47-51-55-59-63-67-71-75-79-90-84(89)78-74-70-66-62-58-54-50-45-20-18-16-14-12-10-8-6-4-2/h21-22,25,27,72,76,81-82,86-87H,3-20,23-24,26,28-71,73-75,77-80H2,1-2H3,(H,85,88)/b22-21-,27-25-,76-72+. The average Bonchev–Trinajstić information content (AvgIpc) is 3.72. The van der Waals surface area contributed by atoms with E-state index in [0.717, 1.165) is 44.9 Å². The third kappa shape index (κ3) is 75.1. The van der Waals surface area contributed by atoms with E-state index in [4.69, 9.17) is 4.74 Å². The van der Waals surface area contributed by atoms with E-state index in [2.05, 4.69) is 43.5 Å². The maximum Gasteiger partial charge on any atom is 0.305 e. The Hall–Kier alpha value is -1.92. The predicted molar refractivity (Wildman–Crippen MR) is 398 cm³/mol. The lowest BCUT2D eigenvalue weighted by molar-refractivity contribution is -0.143. The first-order valence-corrected chi connectivity index (χ1v) is 41.3. The number of amides is 1. The van der Waals surface area contributed by atoms with E-state index in [1.54, 1.807) is 6.08 Å². The first-order valence-electron chi connectivity index (χ1n) is 41.3. The Morgan fingerprint density at radius 3 is 0.844 bits per heavy atom. The molecule has 0 saturated carbocycles. The summed E-state index contributed by atoms with van der Waals surface area (Å²) in [5, 5.41) is 23.2. The van der Waals surface area contributed by atoms with Crippen LogP contribution in [-0.2, 0) is 14.3 Å². The summed E-state index contributed by atoms with van der Waals surface area (Å²) in [7, 11) is 0. The van der Waals surface area contributed by atoms with Crippen LogP contribution in [0.3, 0.4) is 0 Å². The highest BCUT2D eigenvalue weighted by atomic mass is 16.5. The maximum atomic E-state index is 12.5. The van der Waals surface area contributed by atoms with Crippen molar-refractivity contribution in [2.24, 2.45) is 0 Å². The minimum atomic E-state index is -0.843. The molecule has 0 rings (SSSR count). The van der Waals surface area contributed by atoms with E-state index in [1.165, 1.54) is 392 Å². The van der Waals surface area contributed by atoms with E-state index in [1.807, 2.05) is 6.08 Å². The van der Waals surface area contributed by atoms with Crippen molar-refractivity contribution in [3.05, 3.63) is 36.5 Å². The predicted octanol–water partition coefficient (Wildman–Crippen LogP) is 27.4. The van der Waals surface area contributed by atoms with Gasteiger partial charge in [0.15, 0.2) is 0 Å². The van der Waals surface area contributed by atoms with E-state index in [0.29, 0.717) is 19.4 Å². The largest absolute Gasteiger partial charge is 0.466 e. The molecule has 2 unspecified atom stereocenters. The number of esters is 1. The van der Waals surface area contributed by atoms with Crippen molar-refractivity contribution < 1.29 is 24.5 Å². The van der Waals surface area contributed by atoms with Gasteiger partial charge in [0.25, 0.3) is 0 Å². The molecule has 0 heterocycles. The van der Waals surface area contributed by atoms with Crippen molar-refractivity contribution in [1.82, 2.24) is 5.32 Å². The lowest BCUT2D eigenvalue weighted by Crippen LogP contribution is -2.45. The smallest absolute Gasteiger partial charge is 0.305 e. The van der Waals surface area contributed by atoms with Crippen LogP contribution >= 0.6 is 0 Å². The molecule has 0 aliphatic rings. The van der Waals surface area contributed by atoms with Crippen LogP contribution in [0.1, 0.15) is 463 Å². The Balaban J connectivity index is 3.35. The van der Waals surface area contributed by atoms with Crippen LogP contribution in [0.15, 0.2) is 36.5 Å². The van der Waals surface area contributed by atoms with Gasteiger partial charge in [-0.05, 0) is 64.2 Å². The van der Waals surface area contributed by atoms with Crippen molar-refractivity contribution >= 4 is 11.9 Å². The van der Waals surface area contributed by atoms with Crippen molar-refractivity contribution in [3.63, 3.8) is 0 Å². The molecule has 0 aliphatic carbocycles. The van der Waals surface area contributed by atoms with Crippen molar-refractivity contribution in [3.8, 4) is 0 Å². The Morgan fingerprint density at radius 1 is 0.311 bits per heavy atom. The molecule has 0 saturated heterocycles. The first-order chi connectivity index (χ1) is 44.5. The lowest BCUT2D eigenvalue weighted by Gasteiger charge is -2.20. The normalized spacial score (nSPS) is 12.6. The maximum absolute atomic E-state index is 12.5. The molecular weight excluding hydrogens is 1100 g/mol. The molecule has 0 aromatic rings. The fraction of sp³-hybridized carbons (Fsp3) is 0.905. The van der Waals surface area contributed by atoms with Gasteiger partial charge in [-0.15, -0.1) is 0 Å².